The molecular weight excluding hydrogens is 328 g/mol. The van der Waals surface area contributed by atoms with E-state index < -0.39 is 0 Å². The Hall–Kier alpha value is -2.95. The highest BCUT2D eigenvalue weighted by atomic mass is 16.5. The lowest BCUT2D eigenvalue weighted by Gasteiger charge is -2.12. The first-order chi connectivity index (χ1) is 12.7. The summed E-state index contributed by atoms with van der Waals surface area (Å²) < 4.78 is 16.3. The zero-order valence-corrected chi connectivity index (χ0v) is 15.4. The van der Waals surface area contributed by atoms with Gasteiger partial charge in [-0.15, -0.1) is 0 Å². The summed E-state index contributed by atoms with van der Waals surface area (Å²) in [6.45, 7) is 3.43. The van der Waals surface area contributed by atoms with E-state index in [-0.39, 0.29) is 0 Å². The molecule has 0 unspecified atom stereocenters. The summed E-state index contributed by atoms with van der Waals surface area (Å²) in [4.78, 5) is 4.43. The third-order valence-corrected chi connectivity index (χ3v) is 4.20. The molecule has 5 nitrogen and oxygen atoms in total. The number of benzene rings is 2. The number of rotatable bonds is 8. The lowest BCUT2D eigenvalue weighted by molar-refractivity contribution is 0.340. The predicted octanol–water partition coefficient (Wildman–Crippen LogP) is 4.31. The lowest BCUT2D eigenvalue weighted by atomic mass is 10.1. The molecule has 3 aromatic rings. The SMILES string of the molecule is CCOc1ccc2nccc(NCCc3ccc(OC)c(OC)c3)c2c1. The fourth-order valence-corrected chi connectivity index (χ4v) is 2.91. The molecule has 0 saturated carbocycles. The standard InChI is InChI=1S/C21H24N2O3/c1-4-26-16-6-7-18-17(14-16)19(10-12-23-18)22-11-9-15-5-8-20(24-2)21(13-15)25-3/h5-8,10,12-14H,4,9,11H2,1-3H3,(H,22,23). The van der Waals surface area contributed by atoms with Crippen LogP contribution in [0, 0.1) is 0 Å². The Morgan fingerprint density at radius 3 is 2.58 bits per heavy atom. The van der Waals surface area contributed by atoms with Crippen LogP contribution in [0.3, 0.4) is 0 Å². The maximum atomic E-state index is 5.61. The number of nitrogens with zero attached hydrogens (tertiary/aromatic N) is 1. The van der Waals surface area contributed by atoms with E-state index in [0.717, 1.165) is 46.8 Å². The molecular formula is C21H24N2O3. The third kappa shape index (κ3) is 3.99. The van der Waals surface area contributed by atoms with Gasteiger partial charge in [-0.05, 0) is 55.3 Å². The first-order valence-corrected chi connectivity index (χ1v) is 8.71. The van der Waals surface area contributed by atoms with E-state index in [4.69, 9.17) is 14.2 Å². The first kappa shape index (κ1) is 17.9. The molecule has 0 aliphatic heterocycles. The smallest absolute Gasteiger partial charge is 0.160 e. The number of aromatic nitrogens is 1. The molecule has 0 aliphatic carbocycles. The number of methoxy groups -OCH3 is 2. The van der Waals surface area contributed by atoms with Crippen molar-refractivity contribution < 1.29 is 14.2 Å². The number of ether oxygens (including phenoxy) is 3. The van der Waals surface area contributed by atoms with Gasteiger partial charge in [-0.1, -0.05) is 6.07 Å². The summed E-state index contributed by atoms with van der Waals surface area (Å²) in [6.07, 6.45) is 2.69. The van der Waals surface area contributed by atoms with Crippen molar-refractivity contribution in [2.24, 2.45) is 0 Å². The topological polar surface area (TPSA) is 52.6 Å². The highest BCUT2D eigenvalue weighted by Gasteiger charge is 2.06. The molecule has 0 saturated heterocycles. The predicted molar refractivity (Wildman–Crippen MR) is 105 cm³/mol. The van der Waals surface area contributed by atoms with E-state index in [2.05, 4.69) is 16.4 Å². The third-order valence-electron chi connectivity index (χ3n) is 4.20. The Bertz CT molecular complexity index is 880. The van der Waals surface area contributed by atoms with Crippen molar-refractivity contribution in [3.8, 4) is 17.2 Å². The number of hydrogen-bond donors (Lipinski definition) is 1. The maximum Gasteiger partial charge on any atom is 0.160 e. The van der Waals surface area contributed by atoms with Gasteiger partial charge in [-0.2, -0.15) is 0 Å². The first-order valence-electron chi connectivity index (χ1n) is 8.71. The van der Waals surface area contributed by atoms with Crippen molar-refractivity contribution in [1.29, 1.82) is 0 Å². The molecule has 1 aromatic heterocycles. The molecule has 1 N–H and O–H groups in total. The van der Waals surface area contributed by atoms with Crippen molar-refractivity contribution in [3.63, 3.8) is 0 Å². The van der Waals surface area contributed by atoms with Gasteiger partial charge in [0.05, 0.1) is 26.3 Å². The van der Waals surface area contributed by atoms with Crippen LogP contribution in [-0.2, 0) is 6.42 Å². The van der Waals surface area contributed by atoms with Crippen molar-refractivity contribution in [2.45, 2.75) is 13.3 Å². The van der Waals surface area contributed by atoms with Gasteiger partial charge in [0.15, 0.2) is 11.5 Å². The normalized spacial score (nSPS) is 10.6. The molecule has 3 rings (SSSR count). The van der Waals surface area contributed by atoms with Crippen LogP contribution in [-0.4, -0.2) is 32.4 Å². The monoisotopic (exact) mass is 352 g/mol. The second kappa shape index (κ2) is 8.43. The van der Waals surface area contributed by atoms with Crippen LogP contribution in [0.15, 0.2) is 48.7 Å². The number of anilines is 1. The number of pyridine rings is 1. The summed E-state index contributed by atoms with van der Waals surface area (Å²) in [6, 6.07) is 14.0. The van der Waals surface area contributed by atoms with Crippen molar-refractivity contribution in [3.05, 3.63) is 54.2 Å². The van der Waals surface area contributed by atoms with Crippen LogP contribution >= 0.6 is 0 Å². The molecule has 0 amide bonds. The molecule has 0 fully saturated rings. The quantitative estimate of drug-likeness (QED) is 0.655. The van der Waals surface area contributed by atoms with Gasteiger partial charge >= 0.3 is 0 Å². The fourth-order valence-electron chi connectivity index (χ4n) is 2.91. The summed E-state index contributed by atoms with van der Waals surface area (Å²) in [5.74, 6) is 2.35. The number of hydrogen-bond acceptors (Lipinski definition) is 5. The van der Waals surface area contributed by atoms with Gasteiger partial charge in [0, 0.05) is 23.8 Å². The van der Waals surface area contributed by atoms with Crippen LogP contribution in [0.1, 0.15) is 12.5 Å². The molecule has 0 atom stereocenters. The summed E-state index contributed by atoms with van der Waals surface area (Å²) in [7, 11) is 3.29. The van der Waals surface area contributed by atoms with Crippen LogP contribution in [0.2, 0.25) is 0 Å². The number of fused-ring (bicyclic) bond motifs is 1. The van der Waals surface area contributed by atoms with Gasteiger partial charge in [-0.25, -0.2) is 0 Å². The highest BCUT2D eigenvalue weighted by Crippen LogP contribution is 2.28. The summed E-state index contributed by atoms with van der Waals surface area (Å²) in [5, 5.41) is 4.56. The Labute approximate surface area is 153 Å². The summed E-state index contributed by atoms with van der Waals surface area (Å²) >= 11 is 0. The van der Waals surface area contributed by atoms with Crippen LogP contribution in [0.25, 0.3) is 10.9 Å². The van der Waals surface area contributed by atoms with Crippen molar-refractivity contribution >= 4 is 16.6 Å². The van der Waals surface area contributed by atoms with E-state index in [1.165, 1.54) is 5.56 Å². The van der Waals surface area contributed by atoms with E-state index in [0.29, 0.717) is 6.61 Å². The maximum absolute atomic E-state index is 5.61. The van der Waals surface area contributed by atoms with Gasteiger partial charge in [0.2, 0.25) is 0 Å². The number of nitrogens with one attached hydrogen (secondary N) is 1. The molecule has 2 aromatic carbocycles. The Morgan fingerprint density at radius 1 is 0.962 bits per heavy atom. The zero-order valence-electron chi connectivity index (χ0n) is 15.4. The summed E-state index contributed by atoms with van der Waals surface area (Å²) in [5.41, 5.74) is 3.19. The minimum atomic E-state index is 0.647. The minimum Gasteiger partial charge on any atom is -0.494 e. The second-order valence-electron chi connectivity index (χ2n) is 5.84. The lowest BCUT2D eigenvalue weighted by Crippen LogP contribution is -2.06. The minimum absolute atomic E-state index is 0.647. The Balaban J connectivity index is 1.72. The highest BCUT2D eigenvalue weighted by molar-refractivity contribution is 5.92. The average molecular weight is 352 g/mol. The largest absolute Gasteiger partial charge is 0.494 e. The molecule has 0 bridgehead atoms. The average Bonchev–Trinajstić information content (AvgIpc) is 2.68. The molecule has 1 heterocycles. The van der Waals surface area contributed by atoms with Gasteiger partial charge < -0.3 is 19.5 Å². The van der Waals surface area contributed by atoms with E-state index in [9.17, 15) is 0 Å². The van der Waals surface area contributed by atoms with Crippen LogP contribution < -0.4 is 19.5 Å². The zero-order chi connectivity index (χ0) is 18.4. The van der Waals surface area contributed by atoms with Crippen molar-refractivity contribution in [2.75, 3.05) is 32.7 Å². The molecule has 5 heteroatoms. The van der Waals surface area contributed by atoms with E-state index in [1.54, 1.807) is 14.2 Å². The van der Waals surface area contributed by atoms with E-state index >= 15 is 0 Å². The van der Waals surface area contributed by atoms with Crippen LogP contribution in [0.5, 0.6) is 17.2 Å². The molecule has 0 spiro atoms. The molecule has 26 heavy (non-hydrogen) atoms. The van der Waals surface area contributed by atoms with Gasteiger partial charge in [-0.3, -0.25) is 4.98 Å². The van der Waals surface area contributed by atoms with E-state index in [1.807, 2.05) is 49.5 Å². The fraction of sp³-hybridized carbons (Fsp3) is 0.286. The van der Waals surface area contributed by atoms with Gasteiger partial charge in [0.25, 0.3) is 0 Å². The molecule has 136 valence electrons. The van der Waals surface area contributed by atoms with Crippen LogP contribution in [0.4, 0.5) is 5.69 Å². The van der Waals surface area contributed by atoms with Crippen molar-refractivity contribution in [1.82, 2.24) is 4.98 Å². The molecule has 0 radical (unpaired) electrons. The van der Waals surface area contributed by atoms with Gasteiger partial charge in [0.1, 0.15) is 5.75 Å². The second-order valence-corrected chi connectivity index (χ2v) is 5.84. The Morgan fingerprint density at radius 2 is 1.81 bits per heavy atom. The molecule has 0 aliphatic rings. The Kier molecular flexibility index (Phi) is 5.79.